The first-order chi connectivity index (χ1) is 11.0. The third-order valence-corrected chi connectivity index (χ3v) is 6.24. The Morgan fingerprint density at radius 2 is 1.96 bits per heavy atom. The highest BCUT2D eigenvalue weighted by molar-refractivity contribution is 6.22. The molecule has 0 spiro atoms. The molecule has 3 fully saturated rings. The number of esters is 1. The fourth-order valence-electron chi connectivity index (χ4n) is 4.51. The Kier molecular flexibility index (Phi) is 3.41. The summed E-state index contributed by atoms with van der Waals surface area (Å²) in [5.41, 5.74) is 1.99. The van der Waals surface area contributed by atoms with Crippen LogP contribution in [0.15, 0.2) is 24.3 Å². The molecule has 1 aromatic rings. The lowest BCUT2D eigenvalue weighted by Gasteiger charge is -2.27. The van der Waals surface area contributed by atoms with Crippen LogP contribution < -0.4 is 5.32 Å². The van der Waals surface area contributed by atoms with Crippen molar-refractivity contribution >= 4 is 29.2 Å². The molecular formula is C18H20ClNO3. The van der Waals surface area contributed by atoms with Gasteiger partial charge < -0.3 is 10.1 Å². The van der Waals surface area contributed by atoms with Crippen LogP contribution in [-0.2, 0) is 14.3 Å². The monoisotopic (exact) mass is 333 g/mol. The van der Waals surface area contributed by atoms with Crippen molar-refractivity contribution < 1.29 is 14.3 Å². The average molecular weight is 334 g/mol. The number of benzene rings is 1. The Hall–Kier alpha value is -1.55. The predicted octanol–water partition coefficient (Wildman–Crippen LogP) is 3.16. The van der Waals surface area contributed by atoms with Crippen LogP contribution in [0.3, 0.4) is 0 Å². The molecule has 2 saturated carbocycles. The molecule has 1 heterocycles. The van der Waals surface area contributed by atoms with E-state index in [1.807, 2.05) is 24.3 Å². The van der Waals surface area contributed by atoms with Crippen molar-refractivity contribution in [3.8, 4) is 0 Å². The molecule has 1 N–H and O–H groups in total. The van der Waals surface area contributed by atoms with Gasteiger partial charge in [0.05, 0.1) is 17.2 Å². The van der Waals surface area contributed by atoms with E-state index in [1.54, 1.807) is 0 Å². The molecule has 0 unspecified atom stereocenters. The largest absolute Gasteiger partial charge is 0.460 e. The van der Waals surface area contributed by atoms with Gasteiger partial charge in [-0.25, -0.2) is 0 Å². The van der Waals surface area contributed by atoms with Crippen LogP contribution in [0, 0.1) is 23.7 Å². The molecule has 122 valence electrons. The van der Waals surface area contributed by atoms with E-state index in [0.29, 0.717) is 5.92 Å². The summed E-state index contributed by atoms with van der Waals surface area (Å²) in [5.74, 6) is -0.420. The molecule has 1 aromatic carbocycles. The van der Waals surface area contributed by atoms with Gasteiger partial charge in [-0.15, -0.1) is 11.6 Å². The number of carbonyl (C=O) groups excluding carboxylic acids is 2. The number of hydrogen-bond donors (Lipinski definition) is 1. The second-order valence-electron chi connectivity index (χ2n) is 7.23. The molecule has 1 saturated heterocycles. The summed E-state index contributed by atoms with van der Waals surface area (Å²) in [4.78, 5) is 24.8. The van der Waals surface area contributed by atoms with Crippen LogP contribution in [-0.4, -0.2) is 23.4 Å². The van der Waals surface area contributed by atoms with Crippen LogP contribution in [0.5, 0.6) is 0 Å². The molecule has 2 bridgehead atoms. The van der Waals surface area contributed by atoms with E-state index in [1.165, 1.54) is 5.56 Å². The molecule has 4 rings (SSSR count). The Balaban J connectivity index is 1.52. The fraction of sp³-hybridized carbons (Fsp3) is 0.556. The Morgan fingerprint density at radius 3 is 2.61 bits per heavy atom. The van der Waals surface area contributed by atoms with E-state index in [2.05, 4.69) is 19.2 Å². The Bertz CT molecular complexity index is 657. The summed E-state index contributed by atoms with van der Waals surface area (Å²) in [6.45, 7) is 4.26. The van der Waals surface area contributed by atoms with E-state index >= 15 is 0 Å². The minimum Gasteiger partial charge on any atom is -0.460 e. The van der Waals surface area contributed by atoms with Gasteiger partial charge in [-0.05, 0) is 36.0 Å². The second-order valence-corrected chi connectivity index (χ2v) is 7.73. The number of carbonyl (C=O) groups is 2. The van der Waals surface area contributed by atoms with Gasteiger partial charge in [0, 0.05) is 11.6 Å². The van der Waals surface area contributed by atoms with Crippen molar-refractivity contribution in [1.29, 1.82) is 0 Å². The predicted molar refractivity (Wildman–Crippen MR) is 87.3 cm³/mol. The number of halogens is 1. The normalized spacial score (nSPS) is 37.3. The van der Waals surface area contributed by atoms with Crippen molar-refractivity contribution in [3.63, 3.8) is 0 Å². The van der Waals surface area contributed by atoms with Crippen LogP contribution in [0.25, 0.3) is 0 Å². The molecule has 1 amide bonds. The number of amides is 1. The maximum absolute atomic E-state index is 12.7. The topological polar surface area (TPSA) is 55.4 Å². The standard InChI is InChI=1S/C18H20ClNO3/c1-8(2)9-3-5-10(6-4-9)20-17(21)13-11-7-12-14(13)18(22)23-16(12)15(11)19/h3-6,8,11-16H,7H2,1-2H3,(H,20,21)/t11-,12+,13-,14+,15-,16-/m0/s1. The lowest BCUT2D eigenvalue weighted by Crippen LogP contribution is -2.40. The van der Waals surface area contributed by atoms with Crippen LogP contribution >= 0.6 is 11.6 Å². The quantitative estimate of drug-likeness (QED) is 0.683. The van der Waals surface area contributed by atoms with Crippen molar-refractivity contribution in [2.75, 3.05) is 5.32 Å². The molecule has 2 aliphatic carbocycles. The molecule has 6 atom stereocenters. The summed E-state index contributed by atoms with van der Waals surface area (Å²) < 4.78 is 5.37. The van der Waals surface area contributed by atoms with Crippen molar-refractivity contribution in [1.82, 2.24) is 0 Å². The molecule has 0 radical (unpaired) electrons. The number of ether oxygens (including phenoxy) is 1. The smallest absolute Gasteiger partial charge is 0.310 e. The number of nitrogens with one attached hydrogen (secondary N) is 1. The van der Waals surface area contributed by atoms with Crippen LogP contribution in [0.1, 0.15) is 31.7 Å². The van der Waals surface area contributed by atoms with Crippen LogP contribution in [0.2, 0.25) is 0 Å². The first-order valence-electron chi connectivity index (χ1n) is 8.22. The summed E-state index contributed by atoms with van der Waals surface area (Å²) in [6.07, 6.45) is 0.633. The third-order valence-electron chi connectivity index (χ3n) is 5.67. The third kappa shape index (κ3) is 2.18. The molecule has 3 aliphatic rings. The van der Waals surface area contributed by atoms with Gasteiger partial charge in [-0.2, -0.15) is 0 Å². The number of hydrogen-bond acceptors (Lipinski definition) is 3. The summed E-state index contributed by atoms with van der Waals surface area (Å²) in [6, 6.07) is 7.86. The molecule has 23 heavy (non-hydrogen) atoms. The minimum atomic E-state index is -0.362. The van der Waals surface area contributed by atoms with E-state index in [-0.39, 0.29) is 47.0 Å². The van der Waals surface area contributed by atoms with Gasteiger partial charge in [0.15, 0.2) is 0 Å². The van der Waals surface area contributed by atoms with Gasteiger partial charge in [0.25, 0.3) is 0 Å². The van der Waals surface area contributed by atoms with E-state index < -0.39 is 0 Å². The first-order valence-corrected chi connectivity index (χ1v) is 8.66. The van der Waals surface area contributed by atoms with E-state index in [0.717, 1.165) is 12.1 Å². The maximum atomic E-state index is 12.7. The highest BCUT2D eigenvalue weighted by Gasteiger charge is 2.67. The van der Waals surface area contributed by atoms with Crippen molar-refractivity contribution in [3.05, 3.63) is 29.8 Å². The first kappa shape index (κ1) is 15.0. The molecule has 1 aliphatic heterocycles. The zero-order chi connectivity index (χ0) is 16.3. The van der Waals surface area contributed by atoms with E-state index in [9.17, 15) is 9.59 Å². The maximum Gasteiger partial charge on any atom is 0.310 e. The van der Waals surface area contributed by atoms with E-state index in [4.69, 9.17) is 16.3 Å². The van der Waals surface area contributed by atoms with Crippen molar-refractivity contribution in [2.24, 2.45) is 23.7 Å². The van der Waals surface area contributed by atoms with Gasteiger partial charge >= 0.3 is 5.97 Å². The molecule has 0 aromatic heterocycles. The average Bonchev–Trinajstić information content (AvgIpc) is 3.12. The lowest BCUT2D eigenvalue weighted by molar-refractivity contribution is -0.145. The van der Waals surface area contributed by atoms with Gasteiger partial charge in [0.2, 0.25) is 5.91 Å². The summed E-state index contributed by atoms with van der Waals surface area (Å²) in [5, 5.41) is 2.72. The minimum absolute atomic E-state index is 0.0399. The lowest BCUT2D eigenvalue weighted by atomic mass is 9.79. The van der Waals surface area contributed by atoms with Gasteiger partial charge in [0.1, 0.15) is 6.10 Å². The van der Waals surface area contributed by atoms with Gasteiger partial charge in [-0.3, -0.25) is 9.59 Å². The Labute approximate surface area is 140 Å². The second kappa shape index (κ2) is 5.23. The number of rotatable bonds is 3. The SMILES string of the molecule is CC(C)c1ccc(NC(=O)[C@H]2[C@@H]3C[C@H]4[C@H](OC(=O)[C@H]42)[C@H]3Cl)cc1. The molecular weight excluding hydrogens is 314 g/mol. The summed E-state index contributed by atoms with van der Waals surface area (Å²) >= 11 is 6.41. The Morgan fingerprint density at radius 1 is 1.26 bits per heavy atom. The number of alkyl halides is 1. The molecule has 4 nitrogen and oxygen atoms in total. The zero-order valence-corrected chi connectivity index (χ0v) is 13.9. The summed E-state index contributed by atoms with van der Waals surface area (Å²) in [7, 11) is 0. The van der Waals surface area contributed by atoms with Crippen molar-refractivity contribution in [2.45, 2.75) is 37.7 Å². The highest BCUT2D eigenvalue weighted by Crippen LogP contribution is 2.59. The van der Waals surface area contributed by atoms with Crippen LogP contribution in [0.4, 0.5) is 5.69 Å². The molecule has 5 heteroatoms. The highest BCUT2D eigenvalue weighted by atomic mass is 35.5. The van der Waals surface area contributed by atoms with Gasteiger partial charge in [-0.1, -0.05) is 26.0 Å². The fourth-order valence-corrected chi connectivity index (χ4v) is 5.01. The number of anilines is 1. The zero-order valence-electron chi connectivity index (χ0n) is 13.2. The number of fused-ring (bicyclic) bond motifs is 1.